The maximum Gasteiger partial charge on any atom is 0.270 e. The minimum Gasteiger partial charge on any atom is -0.493 e. The molecule has 1 saturated carbocycles. The molecule has 2 N–H and O–H groups in total. The van der Waals surface area contributed by atoms with E-state index in [1.165, 1.54) is 18.3 Å². The van der Waals surface area contributed by atoms with E-state index in [4.69, 9.17) is 9.47 Å². The van der Waals surface area contributed by atoms with Crippen LogP contribution in [0.2, 0.25) is 0 Å². The summed E-state index contributed by atoms with van der Waals surface area (Å²) in [5.74, 6) is 1.13. The van der Waals surface area contributed by atoms with E-state index < -0.39 is 0 Å². The molecule has 28 heavy (non-hydrogen) atoms. The van der Waals surface area contributed by atoms with Crippen LogP contribution in [0.1, 0.15) is 48.1 Å². The second kappa shape index (κ2) is 9.54. The number of para-hydroxylation sites is 2. The SMILES string of the molecule is COc1ccccc1OCc1nc(C(=O)NC2CCC(NC(C)=O)CC2)cs1. The average Bonchev–Trinajstić information content (AvgIpc) is 3.17. The highest BCUT2D eigenvalue weighted by atomic mass is 32.1. The third kappa shape index (κ3) is 5.45. The van der Waals surface area contributed by atoms with Crippen molar-refractivity contribution in [3.8, 4) is 11.5 Å². The van der Waals surface area contributed by atoms with Crippen molar-refractivity contribution in [3.63, 3.8) is 0 Å². The normalized spacial score (nSPS) is 18.9. The van der Waals surface area contributed by atoms with Gasteiger partial charge in [0, 0.05) is 24.4 Å². The van der Waals surface area contributed by atoms with Crippen molar-refractivity contribution in [2.24, 2.45) is 0 Å². The summed E-state index contributed by atoms with van der Waals surface area (Å²) in [4.78, 5) is 28.0. The molecule has 8 heteroatoms. The molecular formula is C20H25N3O4S. The van der Waals surface area contributed by atoms with Gasteiger partial charge in [0.15, 0.2) is 11.5 Å². The van der Waals surface area contributed by atoms with Crippen LogP contribution in [0.15, 0.2) is 29.6 Å². The molecule has 150 valence electrons. The summed E-state index contributed by atoms with van der Waals surface area (Å²) in [6.07, 6.45) is 3.45. The molecule has 2 amide bonds. The smallest absolute Gasteiger partial charge is 0.270 e. The van der Waals surface area contributed by atoms with Crippen LogP contribution >= 0.6 is 11.3 Å². The Balaban J connectivity index is 1.48. The summed E-state index contributed by atoms with van der Waals surface area (Å²) >= 11 is 1.39. The Kier molecular flexibility index (Phi) is 6.86. The van der Waals surface area contributed by atoms with Crippen LogP contribution in [0.3, 0.4) is 0 Å². The van der Waals surface area contributed by atoms with Crippen molar-refractivity contribution in [2.75, 3.05) is 7.11 Å². The van der Waals surface area contributed by atoms with Crippen LogP contribution in [0, 0.1) is 0 Å². The van der Waals surface area contributed by atoms with Crippen LogP contribution in [-0.2, 0) is 11.4 Å². The van der Waals surface area contributed by atoms with Crippen molar-refractivity contribution >= 4 is 23.2 Å². The third-order valence-corrected chi connectivity index (χ3v) is 5.50. The molecule has 0 unspecified atom stereocenters. The van der Waals surface area contributed by atoms with Gasteiger partial charge in [-0.25, -0.2) is 4.98 Å². The minimum absolute atomic E-state index is 0.00201. The standard InChI is InChI=1S/C20H25N3O4S/c1-13(24)21-14-7-9-15(10-8-14)22-20(25)16-12-28-19(23-16)11-27-18-6-4-3-5-17(18)26-2/h3-6,12,14-15H,7-11H2,1-2H3,(H,21,24)(H,22,25). The molecule has 1 aliphatic rings. The summed E-state index contributed by atoms with van der Waals surface area (Å²) in [6.45, 7) is 1.81. The lowest BCUT2D eigenvalue weighted by Crippen LogP contribution is -2.43. The first kappa shape index (κ1) is 20.1. The van der Waals surface area contributed by atoms with E-state index in [1.54, 1.807) is 12.5 Å². The molecule has 1 fully saturated rings. The number of benzene rings is 1. The molecule has 0 aliphatic heterocycles. The van der Waals surface area contributed by atoms with Crippen LogP contribution in [-0.4, -0.2) is 36.0 Å². The maximum atomic E-state index is 12.5. The van der Waals surface area contributed by atoms with Crippen molar-refractivity contribution in [1.82, 2.24) is 15.6 Å². The van der Waals surface area contributed by atoms with E-state index in [0.717, 1.165) is 30.7 Å². The molecule has 1 aliphatic carbocycles. The van der Waals surface area contributed by atoms with Gasteiger partial charge in [0.2, 0.25) is 5.91 Å². The quantitative estimate of drug-likeness (QED) is 0.742. The fourth-order valence-electron chi connectivity index (χ4n) is 3.29. The van der Waals surface area contributed by atoms with Gasteiger partial charge < -0.3 is 20.1 Å². The van der Waals surface area contributed by atoms with E-state index in [1.807, 2.05) is 24.3 Å². The number of ether oxygens (including phenoxy) is 2. The zero-order valence-electron chi connectivity index (χ0n) is 16.1. The molecule has 1 aromatic heterocycles. The van der Waals surface area contributed by atoms with Crippen molar-refractivity contribution in [2.45, 2.75) is 51.3 Å². The molecule has 0 saturated heterocycles. The molecule has 1 heterocycles. The molecule has 0 atom stereocenters. The van der Waals surface area contributed by atoms with E-state index >= 15 is 0 Å². The summed E-state index contributed by atoms with van der Waals surface area (Å²) < 4.78 is 11.0. The Morgan fingerprint density at radius 2 is 1.75 bits per heavy atom. The highest BCUT2D eigenvalue weighted by Crippen LogP contribution is 2.27. The molecule has 3 rings (SSSR count). The van der Waals surface area contributed by atoms with E-state index in [-0.39, 0.29) is 30.5 Å². The number of hydrogen-bond donors (Lipinski definition) is 2. The number of aromatic nitrogens is 1. The van der Waals surface area contributed by atoms with Gasteiger partial charge in [-0.1, -0.05) is 12.1 Å². The number of thiazole rings is 1. The van der Waals surface area contributed by atoms with Crippen molar-refractivity contribution in [1.29, 1.82) is 0 Å². The molecular weight excluding hydrogens is 378 g/mol. The molecule has 0 spiro atoms. The van der Waals surface area contributed by atoms with Gasteiger partial charge in [0.25, 0.3) is 5.91 Å². The second-order valence-corrected chi connectivity index (χ2v) is 7.73. The van der Waals surface area contributed by atoms with Gasteiger partial charge in [0.1, 0.15) is 17.3 Å². The van der Waals surface area contributed by atoms with Crippen LogP contribution in [0.4, 0.5) is 0 Å². The van der Waals surface area contributed by atoms with Crippen LogP contribution in [0.5, 0.6) is 11.5 Å². The number of amides is 2. The topological polar surface area (TPSA) is 89.6 Å². The van der Waals surface area contributed by atoms with Crippen LogP contribution < -0.4 is 20.1 Å². The lowest BCUT2D eigenvalue weighted by atomic mass is 9.91. The number of methoxy groups -OCH3 is 1. The van der Waals surface area contributed by atoms with E-state index in [0.29, 0.717) is 17.2 Å². The summed E-state index contributed by atoms with van der Waals surface area (Å²) in [7, 11) is 1.59. The predicted molar refractivity (Wildman–Crippen MR) is 107 cm³/mol. The first-order valence-corrected chi connectivity index (χ1v) is 10.2. The van der Waals surface area contributed by atoms with Gasteiger partial charge >= 0.3 is 0 Å². The summed E-state index contributed by atoms with van der Waals surface area (Å²) in [6, 6.07) is 7.74. The van der Waals surface area contributed by atoms with Gasteiger partial charge in [-0.15, -0.1) is 11.3 Å². The Morgan fingerprint density at radius 1 is 1.11 bits per heavy atom. The highest BCUT2D eigenvalue weighted by molar-refractivity contribution is 7.09. The lowest BCUT2D eigenvalue weighted by molar-refractivity contribution is -0.119. The Morgan fingerprint density at radius 3 is 2.39 bits per heavy atom. The maximum absolute atomic E-state index is 12.5. The number of carbonyl (C=O) groups excluding carboxylic acids is 2. The van der Waals surface area contributed by atoms with E-state index in [2.05, 4.69) is 15.6 Å². The molecule has 0 radical (unpaired) electrons. The number of rotatable bonds is 7. The first-order chi connectivity index (χ1) is 13.5. The predicted octanol–water partition coefficient (Wildman–Crippen LogP) is 2.91. The Labute approximate surface area is 168 Å². The number of nitrogens with zero attached hydrogens (tertiary/aromatic N) is 1. The zero-order valence-corrected chi connectivity index (χ0v) is 16.9. The number of hydrogen-bond acceptors (Lipinski definition) is 6. The highest BCUT2D eigenvalue weighted by Gasteiger charge is 2.24. The van der Waals surface area contributed by atoms with Crippen LogP contribution in [0.25, 0.3) is 0 Å². The second-order valence-electron chi connectivity index (χ2n) is 6.79. The number of carbonyl (C=O) groups is 2. The largest absolute Gasteiger partial charge is 0.493 e. The van der Waals surface area contributed by atoms with Crippen molar-refractivity contribution < 1.29 is 19.1 Å². The van der Waals surface area contributed by atoms with Gasteiger partial charge in [-0.05, 0) is 37.8 Å². The third-order valence-electron chi connectivity index (χ3n) is 4.67. The Hall–Kier alpha value is -2.61. The van der Waals surface area contributed by atoms with E-state index in [9.17, 15) is 9.59 Å². The monoisotopic (exact) mass is 403 g/mol. The lowest BCUT2D eigenvalue weighted by Gasteiger charge is -2.29. The fourth-order valence-corrected chi connectivity index (χ4v) is 3.97. The molecule has 1 aromatic carbocycles. The van der Waals surface area contributed by atoms with Gasteiger partial charge in [0.05, 0.1) is 7.11 Å². The Bertz CT molecular complexity index is 815. The minimum atomic E-state index is -0.164. The molecule has 2 aromatic rings. The zero-order chi connectivity index (χ0) is 19.9. The summed E-state index contributed by atoms with van der Waals surface area (Å²) in [5, 5.41) is 8.46. The average molecular weight is 404 g/mol. The summed E-state index contributed by atoms with van der Waals surface area (Å²) in [5.41, 5.74) is 0.410. The number of nitrogens with one attached hydrogen (secondary N) is 2. The van der Waals surface area contributed by atoms with Gasteiger partial charge in [-0.3, -0.25) is 9.59 Å². The van der Waals surface area contributed by atoms with Crippen molar-refractivity contribution in [3.05, 3.63) is 40.3 Å². The van der Waals surface area contributed by atoms with Gasteiger partial charge in [-0.2, -0.15) is 0 Å². The molecule has 0 bridgehead atoms. The first-order valence-electron chi connectivity index (χ1n) is 9.33. The fraction of sp³-hybridized carbons (Fsp3) is 0.450. The molecule has 7 nitrogen and oxygen atoms in total.